The fraction of sp³-hybridized carbons (Fsp3) is 0.667. The van der Waals surface area contributed by atoms with Crippen LogP contribution in [0.4, 0.5) is 0 Å². The summed E-state index contributed by atoms with van der Waals surface area (Å²) in [7, 11) is -3.45. The van der Waals surface area contributed by atoms with Crippen LogP contribution in [0.25, 0.3) is 0 Å². The van der Waals surface area contributed by atoms with Gasteiger partial charge < -0.3 is 9.72 Å². The van der Waals surface area contributed by atoms with E-state index in [0.717, 1.165) is 13.0 Å². The highest BCUT2D eigenvalue weighted by molar-refractivity contribution is 7.89. The molecular formula is C9H15N3O3S. The highest BCUT2D eigenvalue weighted by Crippen LogP contribution is 2.12. The third-order valence-corrected chi connectivity index (χ3v) is 3.89. The topological polar surface area (TPSA) is 84.1 Å². The molecule has 0 aromatic carbocycles. The molecule has 2 N–H and O–H groups in total. The number of ether oxygens (including phenoxy) is 1. The molecule has 1 fully saturated rings. The molecule has 2 heterocycles. The largest absolute Gasteiger partial charge is 0.381 e. The zero-order valence-corrected chi connectivity index (χ0v) is 9.88. The van der Waals surface area contributed by atoms with Crippen LogP contribution >= 0.6 is 0 Å². The van der Waals surface area contributed by atoms with E-state index in [4.69, 9.17) is 4.74 Å². The standard InChI is InChI=1S/C9H15N3O3S/c1-7-10-5-9(12-7)16(13,14)11-4-8-2-3-15-6-8/h5,8,11H,2-4,6H2,1H3,(H,10,12). The van der Waals surface area contributed by atoms with Gasteiger partial charge in [0.25, 0.3) is 10.0 Å². The van der Waals surface area contributed by atoms with Gasteiger partial charge in [-0.05, 0) is 19.3 Å². The third-order valence-electron chi connectivity index (χ3n) is 2.56. The molecule has 0 aliphatic carbocycles. The number of hydrogen-bond donors (Lipinski definition) is 2. The first-order chi connectivity index (χ1) is 7.58. The second kappa shape index (κ2) is 4.52. The number of H-pyrrole nitrogens is 1. The molecule has 90 valence electrons. The molecule has 7 heteroatoms. The van der Waals surface area contributed by atoms with E-state index in [2.05, 4.69) is 14.7 Å². The van der Waals surface area contributed by atoms with Gasteiger partial charge in [0.1, 0.15) is 5.82 Å². The van der Waals surface area contributed by atoms with Crippen LogP contribution in [0.3, 0.4) is 0 Å². The van der Waals surface area contributed by atoms with Gasteiger partial charge >= 0.3 is 0 Å². The van der Waals surface area contributed by atoms with E-state index in [9.17, 15) is 8.42 Å². The summed E-state index contributed by atoms with van der Waals surface area (Å²) < 4.78 is 31.3. The van der Waals surface area contributed by atoms with E-state index in [-0.39, 0.29) is 10.9 Å². The van der Waals surface area contributed by atoms with Crippen molar-refractivity contribution in [3.63, 3.8) is 0 Å². The fourth-order valence-electron chi connectivity index (χ4n) is 1.58. The maximum atomic E-state index is 11.8. The molecule has 1 aromatic rings. The first-order valence-electron chi connectivity index (χ1n) is 5.17. The highest BCUT2D eigenvalue weighted by Gasteiger charge is 2.21. The Morgan fingerprint density at radius 1 is 1.69 bits per heavy atom. The zero-order chi connectivity index (χ0) is 11.6. The molecule has 1 aliphatic heterocycles. The number of aromatic nitrogens is 2. The van der Waals surface area contributed by atoms with Gasteiger partial charge in [0.15, 0.2) is 5.03 Å². The Hall–Kier alpha value is -0.920. The molecule has 0 bridgehead atoms. The molecule has 16 heavy (non-hydrogen) atoms. The number of sulfonamides is 1. The number of nitrogens with zero attached hydrogens (tertiary/aromatic N) is 1. The molecule has 0 radical (unpaired) electrons. The Morgan fingerprint density at radius 3 is 3.06 bits per heavy atom. The Morgan fingerprint density at radius 2 is 2.50 bits per heavy atom. The van der Waals surface area contributed by atoms with E-state index >= 15 is 0 Å². The van der Waals surface area contributed by atoms with E-state index in [0.29, 0.717) is 19.0 Å². The summed E-state index contributed by atoms with van der Waals surface area (Å²) in [5.41, 5.74) is 0. The van der Waals surface area contributed by atoms with Crippen LogP contribution in [-0.4, -0.2) is 38.1 Å². The van der Waals surface area contributed by atoms with Gasteiger partial charge in [-0.2, -0.15) is 0 Å². The van der Waals surface area contributed by atoms with Gasteiger partial charge in [0.05, 0.1) is 12.8 Å². The Bertz CT molecular complexity index is 448. The average molecular weight is 245 g/mol. The summed E-state index contributed by atoms with van der Waals surface area (Å²) in [6, 6.07) is 0. The first-order valence-corrected chi connectivity index (χ1v) is 6.65. The van der Waals surface area contributed by atoms with Crippen molar-refractivity contribution in [3.8, 4) is 0 Å². The van der Waals surface area contributed by atoms with Crippen LogP contribution in [-0.2, 0) is 14.8 Å². The Kier molecular flexibility index (Phi) is 3.27. The minimum atomic E-state index is -3.45. The number of hydrogen-bond acceptors (Lipinski definition) is 4. The lowest BCUT2D eigenvalue weighted by molar-refractivity contribution is 0.186. The summed E-state index contributed by atoms with van der Waals surface area (Å²) in [5.74, 6) is 0.864. The summed E-state index contributed by atoms with van der Waals surface area (Å²) in [5, 5.41) is 0.115. The molecule has 6 nitrogen and oxygen atoms in total. The molecule has 0 amide bonds. The summed E-state index contributed by atoms with van der Waals surface area (Å²) in [6.07, 6.45) is 2.23. The van der Waals surface area contributed by atoms with Crippen molar-refractivity contribution >= 4 is 10.0 Å². The van der Waals surface area contributed by atoms with Crippen molar-refractivity contribution < 1.29 is 13.2 Å². The molecular weight excluding hydrogens is 230 g/mol. The number of nitrogens with one attached hydrogen (secondary N) is 2. The number of imidazole rings is 1. The Labute approximate surface area is 94.5 Å². The van der Waals surface area contributed by atoms with Gasteiger partial charge in [-0.15, -0.1) is 0 Å². The molecule has 0 saturated carbocycles. The lowest BCUT2D eigenvalue weighted by Gasteiger charge is -2.08. The number of aryl methyl sites for hydroxylation is 1. The van der Waals surface area contributed by atoms with Gasteiger partial charge in [0.2, 0.25) is 0 Å². The van der Waals surface area contributed by atoms with Crippen molar-refractivity contribution in [2.45, 2.75) is 18.4 Å². The van der Waals surface area contributed by atoms with Gasteiger partial charge in [-0.25, -0.2) is 18.1 Å². The third kappa shape index (κ3) is 2.60. The van der Waals surface area contributed by atoms with Crippen LogP contribution in [0, 0.1) is 12.8 Å². The van der Waals surface area contributed by atoms with Crippen LogP contribution in [0.15, 0.2) is 11.2 Å². The predicted molar refractivity (Wildman–Crippen MR) is 57.4 cm³/mol. The van der Waals surface area contributed by atoms with Crippen LogP contribution < -0.4 is 4.72 Å². The predicted octanol–water partition coefficient (Wildman–Crippen LogP) is 0.0329. The second-order valence-electron chi connectivity index (χ2n) is 3.91. The maximum absolute atomic E-state index is 11.8. The smallest absolute Gasteiger partial charge is 0.257 e. The minimum Gasteiger partial charge on any atom is -0.381 e. The summed E-state index contributed by atoms with van der Waals surface area (Å²) >= 11 is 0. The van der Waals surface area contributed by atoms with Crippen molar-refractivity contribution in [1.82, 2.24) is 14.7 Å². The lowest BCUT2D eigenvalue weighted by Crippen LogP contribution is -2.29. The van der Waals surface area contributed by atoms with E-state index in [1.165, 1.54) is 6.20 Å². The summed E-state index contributed by atoms with van der Waals surface area (Å²) in [6.45, 7) is 3.48. The van der Waals surface area contributed by atoms with Gasteiger partial charge in [-0.3, -0.25) is 0 Å². The summed E-state index contributed by atoms with van der Waals surface area (Å²) in [4.78, 5) is 6.56. The lowest BCUT2D eigenvalue weighted by atomic mass is 10.1. The number of aromatic amines is 1. The molecule has 0 spiro atoms. The van der Waals surface area contributed by atoms with Crippen LogP contribution in [0.1, 0.15) is 12.2 Å². The Balaban J connectivity index is 1.97. The monoisotopic (exact) mass is 245 g/mol. The van der Waals surface area contributed by atoms with Gasteiger partial charge in [0, 0.05) is 13.2 Å². The fourth-order valence-corrected chi connectivity index (χ4v) is 2.67. The quantitative estimate of drug-likeness (QED) is 0.784. The molecule has 1 unspecified atom stereocenters. The van der Waals surface area contributed by atoms with Crippen molar-refractivity contribution in [3.05, 3.63) is 12.0 Å². The first kappa shape index (κ1) is 11.6. The average Bonchev–Trinajstić information content (AvgIpc) is 2.85. The number of rotatable bonds is 4. The molecule has 1 aromatic heterocycles. The van der Waals surface area contributed by atoms with E-state index in [1.54, 1.807) is 6.92 Å². The molecule has 1 atom stereocenters. The molecule has 1 saturated heterocycles. The van der Waals surface area contributed by atoms with Crippen LogP contribution in [0.2, 0.25) is 0 Å². The van der Waals surface area contributed by atoms with Crippen LogP contribution in [0.5, 0.6) is 0 Å². The van der Waals surface area contributed by atoms with Crippen molar-refractivity contribution in [2.24, 2.45) is 5.92 Å². The highest BCUT2D eigenvalue weighted by atomic mass is 32.2. The molecule has 2 rings (SSSR count). The van der Waals surface area contributed by atoms with E-state index in [1.807, 2.05) is 0 Å². The second-order valence-corrected chi connectivity index (χ2v) is 5.65. The van der Waals surface area contributed by atoms with Gasteiger partial charge in [-0.1, -0.05) is 0 Å². The minimum absolute atomic E-state index is 0.115. The SMILES string of the molecule is Cc1ncc(S(=O)(=O)NCC2CCOC2)[nH]1. The van der Waals surface area contributed by atoms with E-state index < -0.39 is 10.0 Å². The zero-order valence-electron chi connectivity index (χ0n) is 9.06. The van der Waals surface area contributed by atoms with Crippen molar-refractivity contribution in [1.29, 1.82) is 0 Å². The van der Waals surface area contributed by atoms with Crippen molar-refractivity contribution in [2.75, 3.05) is 19.8 Å². The molecule has 1 aliphatic rings. The maximum Gasteiger partial charge on any atom is 0.257 e. The normalized spacial score (nSPS) is 21.4.